The van der Waals surface area contributed by atoms with E-state index in [1.807, 2.05) is 18.2 Å². The van der Waals surface area contributed by atoms with Gasteiger partial charge in [0, 0.05) is 30.3 Å². The molecule has 2 aromatic rings. The predicted octanol–water partition coefficient (Wildman–Crippen LogP) is 2.77. The lowest BCUT2D eigenvalue weighted by atomic mass is 9.82. The average molecular weight is 355 g/mol. The molecule has 128 valence electrons. The lowest BCUT2D eigenvalue weighted by Gasteiger charge is -2.35. The van der Waals surface area contributed by atoms with Gasteiger partial charge in [-0.3, -0.25) is 4.79 Å². The molecule has 0 aromatic heterocycles. The minimum Gasteiger partial charge on any atom is -0.314 e. The molecule has 0 spiro atoms. The number of benzene rings is 2. The second kappa shape index (κ2) is 6.61. The molecule has 0 saturated carbocycles. The molecule has 1 saturated heterocycles. The smallest absolute Gasteiger partial charge is 0.257 e. The zero-order chi connectivity index (χ0) is 17.3. The van der Waals surface area contributed by atoms with Crippen molar-refractivity contribution >= 4 is 22.8 Å². The molecule has 0 radical (unpaired) electrons. The number of carbonyl (C=O) groups excluding carboxylic acids is 1. The lowest BCUT2D eigenvalue weighted by Crippen LogP contribution is -2.42. The van der Waals surface area contributed by atoms with E-state index in [-0.39, 0.29) is 11.7 Å². The summed E-state index contributed by atoms with van der Waals surface area (Å²) in [5, 5.41) is 6.95. The third-order valence-electron chi connectivity index (χ3n) is 4.78. The zero-order valence-electron chi connectivity index (χ0n) is 13.5. The summed E-state index contributed by atoms with van der Waals surface area (Å²) in [5.41, 5.74) is 1.14. The summed E-state index contributed by atoms with van der Waals surface area (Å²) in [6.45, 7) is 1.56. The fourth-order valence-corrected chi connectivity index (χ4v) is 4.58. The number of nitrogens with one attached hydrogen (secondary N) is 2. The molecule has 1 amide bonds. The molecule has 6 heteroatoms. The first-order valence-electron chi connectivity index (χ1n) is 8.23. The molecule has 2 aliphatic heterocycles. The number of amidine groups is 1. The fraction of sp³-hybridized carbons (Fsp3) is 0.263. The van der Waals surface area contributed by atoms with E-state index in [4.69, 9.17) is 4.99 Å². The fourth-order valence-electron chi connectivity index (χ4n) is 3.43. The molecular formula is C19H18FN3OS. The molecular weight excluding hydrogens is 337 g/mol. The highest BCUT2D eigenvalue weighted by atomic mass is 32.2. The number of hydrogen-bond acceptors (Lipinski definition) is 4. The van der Waals surface area contributed by atoms with Gasteiger partial charge >= 0.3 is 0 Å². The topological polar surface area (TPSA) is 53.5 Å². The van der Waals surface area contributed by atoms with Crippen molar-refractivity contribution in [3.63, 3.8) is 0 Å². The van der Waals surface area contributed by atoms with Gasteiger partial charge in [-0.2, -0.15) is 0 Å². The minimum atomic E-state index is -0.446. The van der Waals surface area contributed by atoms with Crippen molar-refractivity contribution in [1.29, 1.82) is 0 Å². The van der Waals surface area contributed by atoms with Crippen LogP contribution in [-0.4, -0.2) is 29.9 Å². The number of aliphatic imine (C=N–C) groups is 1. The van der Waals surface area contributed by atoms with E-state index >= 15 is 0 Å². The Balaban J connectivity index is 1.64. The number of thioether (sulfide) groups is 1. The van der Waals surface area contributed by atoms with Gasteiger partial charge in [0.15, 0.2) is 5.17 Å². The van der Waals surface area contributed by atoms with Crippen molar-refractivity contribution in [2.45, 2.75) is 5.54 Å². The first-order valence-corrected chi connectivity index (χ1v) is 9.22. The van der Waals surface area contributed by atoms with Gasteiger partial charge in [0.05, 0.1) is 0 Å². The van der Waals surface area contributed by atoms with Crippen LogP contribution in [0.4, 0.5) is 4.39 Å². The highest BCUT2D eigenvalue weighted by molar-refractivity contribution is 8.13. The molecule has 2 aromatic carbocycles. The van der Waals surface area contributed by atoms with Crippen molar-refractivity contribution in [3.05, 3.63) is 71.5 Å². The van der Waals surface area contributed by atoms with Crippen LogP contribution >= 0.6 is 11.8 Å². The summed E-state index contributed by atoms with van der Waals surface area (Å²) < 4.78 is 13.3. The quantitative estimate of drug-likeness (QED) is 0.871. The summed E-state index contributed by atoms with van der Waals surface area (Å²) in [6, 6.07) is 15.6. The Morgan fingerprint density at radius 2 is 1.96 bits per heavy atom. The van der Waals surface area contributed by atoms with Gasteiger partial charge in [-0.05, 0) is 29.8 Å². The second-order valence-electron chi connectivity index (χ2n) is 6.31. The molecule has 2 unspecified atom stereocenters. The molecule has 2 heterocycles. The molecule has 4 nitrogen and oxygen atoms in total. The van der Waals surface area contributed by atoms with Crippen LogP contribution in [0.5, 0.6) is 0 Å². The summed E-state index contributed by atoms with van der Waals surface area (Å²) in [4.78, 5) is 17.3. The summed E-state index contributed by atoms with van der Waals surface area (Å²) >= 11 is 1.56. The molecule has 4 rings (SSSR count). The normalized spacial score (nSPS) is 25.2. The van der Waals surface area contributed by atoms with Gasteiger partial charge in [0.2, 0.25) is 0 Å². The van der Waals surface area contributed by atoms with Crippen molar-refractivity contribution in [1.82, 2.24) is 10.6 Å². The average Bonchev–Trinajstić information content (AvgIpc) is 3.07. The van der Waals surface area contributed by atoms with Gasteiger partial charge in [0.1, 0.15) is 11.4 Å². The SMILES string of the molecule is O=C(NC1=NC2(c3ccc(F)cc3)CNCC2CS1)c1ccccc1. The van der Waals surface area contributed by atoms with Crippen LogP contribution in [0.25, 0.3) is 0 Å². The molecule has 0 bridgehead atoms. The number of nitrogens with zero attached hydrogens (tertiary/aromatic N) is 1. The Morgan fingerprint density at radius 1 is 1.20 bits per heavy atom. The van der Waals surface area contributed by atoms with Gasteiger partial charge < -0.3 is 10.6 Å². The number of amides is 1. The van der Waals surface area contributed by atoms with Crippen molar-refractivity contribution in [2.24, 2.45) is 10.9 Å². The van der Waals surface area contributed by atoms with E-state index in [2.05, 4.69) is 10.6 Å². The second-order valence-corrected chi connectivity index (χ2v) is 7.32. The van der Waals surface area contributed by atoms with Crippen molar-refractivity contribution in [3.8, 4) is 0 Å². The summed E-state index contributed by atoms with van der Waals surface area (Å²) in [7, 11) is 0. The number of carbonyl (C=O) groups is 1. The largest absolute Gasteiger partial charge is 0.314 e. The standard InChI is InChI=1S/C19H18FN3OS/c20-16-8-6-14(7-9-16)19-12-21-10-15(19)11-25-18(23-19)22-17(24)13-4-2-1-3-5-13/h1-9,15,21H,10-12H2,(H,22,23,24). The van der Waals surface area contributed by atoms with Crippen LogP contribution in [0.3, 0.4) is 0 Å². The molecule has 0 aliphatic carbocycles. The number of rotatable bonds is 2. The van der Waals surface area contributed by atoms with Gasteiger partial charge in [-0.15, -0.1) is 0 Å². The lowest BCUT2D eigenvalue weighted by molar-refractivity contribution is 0.0977. The Labute approximate surface area is 149 Å². The Hall–Kier alpha value is -2.18. The molecule has 2 N–H and O–H groups in total. The molecule has 25 heavy (non-hydrogen) atoms. The maximum atomic E-state index is 13.3. The molecule has 2 aliphatic rings. The third-order valence-corrected chi connectivity index (χ3v) is 5.82. The van der Waals surface area contributed by atoms with E-state index < -0.39 is 5.54 Å². The maximum Gasteiger partial charge on any atom is 0.257 e. The van der Waals surface area contributed by atoms with Gasteiger partial charge in [-0.25, -0.2) is 9.38 Å². The molecule has 1 fully saturated rings. The Kier molecular flexibility index (Phi) is 4.31. The number of hydrogen-bond donors (Lipinski definition) is 2. The zero-order valence-corrected chi connectivity index (χ0v) is 14.4. The summed E-state index contributed by atoms with van der Waals surface area (Å²) in [5.74, 6) is 0.762. The van der Waals surface area contributed by atoms with Crippen LogP contribution in [0, 0.1) is 11.7 Å². The Bertz CT molecular complexity index is 809. The third kappa shape index (κ3) is 3.07. The number of halogens is 1. The van der Waals surface area contributed by atoms with Crippen LogP contribution in [-0.2, 0) is 5.54 Å². The van der Waals surface area contributed by atoms with Crippen molar-refractivity contribution < 1.29 is 9.18 Å². The van der Waals surface area contributed by atoms with E-state index in [0.717, 1.165) is 17.9 Å². The van der Waals surface area contributed by atoms with E-state index in [1.54, 1.807) is 36.0 Å². The minimum absolute atomic E-state index is 0.162. The van der Waals surface area contributed by atoms with Gasteiger partial charge in [-0.1, -0.05) is 42.1 Å². The van der Waals surface area contributed by atoms with E-state index in [0.29, 0.717) is 23.2 Å². The summed E-state index contributed by atoms with van der Waals surface area (Å²) in [6.07, 6.45) is 0. The van der Waals surface area contributed by atoms with Crippen molar-refractivity contribution in [2.75, 3.05) is 18.8 Å². The first kappa shape index (κ1) is 16.3. The molecule has 2 atom stereocenters. The van der Waals surface area contributed by atoms with E-state index in [9.17, 15) is 9.18 Å². The van der Waals surface area contributed by atoms with E-state index in [1.165, 1.54) is 12.1 Å². The maximum absolute atomic E-state index is 13.3. The van der Waals surface area contributed by atoms with Crippen LogP contribution < -0.4 is 10.6 Å². The Morgan fingerprint density at radius 3 is 2.72 bits per heavy atom. The first-order chi connectivity index (χ1) is 12.2. The highest BCUT2D eigenvalue weighted by Crippen LogP contribution is 2.42. The van der Waals surface area contributed by atoms with Crippen LogP contribution in [0.1, 0.15) is 15.9 Å². The highest BCUT2D eigenvalue weighted by Gasteiger charge is 2.47. The van der Waals surface area contributed by atoms with Gasteiger partial charge in [0.25, 0.3) is 5.91 Å². The monoisotopic (exact) mass is 355 g/mol. The number of fused-ring (bicyclic) bond motifs is 1. The predicted molar refractivity (Wildman–Crippen MR) is 98.2 cm³/mol. The van der Waals surface area contributed by atoms with Crippen LogP contribution in [0.15, 0.2) is 59.6 Å². The van der Waals surface area contributed by atoms with Crippen LogP contribution in [0.2, 0.25) is 0 Å².